The van der Waals surface area contributed by atoms with Gasteiger partial charge in [-0.2, -0.15) is 13.2 Å². The van der Waals surface area contributed by atoms with E-state index < -0.39 is 22.9 Å². The normalized spacial score (nSPS) is 23.7. The Bertz CT molecular complexity index is 1140. The fourth-order valence-electron chi connectivity index (χ4n) is 4.12. The lowest BCUT2D eigenvalue weighted by Gasteiger charge is -2.42. The van der Waals surface area contributed by atoms with Crippen LogP contribution < -0.4 is 11.1 Å². The minimum atomic E-state index is -4.58. The van der Waals surface area contributed by atoms with E-state index in [2.05, 4.69) is 15.3 Å². The molecule has 3 N–H and O–H groups in total. The topological polar surface area (TPSA) is 80.4 Å². The van der Waals surface area contributed by atoms with Crippen LogP contribution in [0.4, 0.5) is 23.2 Å². The van der Waals surface area contributed by atoms with Crippen LogP contribution in [-0.2, 0) is 6.18 Å². The van der Waals surface area contributed by atoms with Crippen LogP contribution in [0.15, 0.2) is 71.0 Å². The van der Waals surface area contributed by atoms with Gasteiger partial charge in [0.1, 0.15) is 11.5 Å². The summed E-state index contributed by atoms with van der Waals surface area (Å²) in [4.78, 5) is 22.0. The van der Waals surface area contributed by atoms with Crippen LogP contribution >= 0.6 is 0 Å². The molecule has 0 amide bonds. The molecule has 1 fully saturated rings. The minimum Gasteiger partial charge on any atom is -0.404 e. The fraction of sp³-hybridized carbons (Fsp3) is 0.261. The van der Waals surface area contributed by atoms with Gasteiger partial charge in [-0.15, -0.1) is 0 Å². The number of aromatic nitrogens is 1. The second kappa shape index (κ2) is 8.31. The number of nitrogens with zero attached hydrogens (tertiary/aromatic N) is 2. The zero-order chi connectivity index (χ0) is 22.9. The van der Waals surface area contributed by atoms with Gasteiger partial charge in [-0.25, -0.2) is 9.38 Å². The number of allylic oxidation sites excluding steroid dienone is 2. The van der Waals surface area contributed by atoms with E-state index in [1.54, 1.807) is 6.08 Å². The Morgan fingerprint density at radius 2 is 1.97 bits per heavy atom. The molecule has 9 heteroatoms. The van der Waals surface area contributed by atoms with Crippen molar-refractivity contribution in [2.24, 2.45) is 16.1 Å². The second-order valence-electron chi connectivity index (χ2n) is 7.78. The van der Waals surface area contributed by atoms with Crippen molar-refractivity contribution in [3.05, 3.63) is 83.1 Å². The zero-order valence-electron chi connectivity index (χ0n) is 16.9. The first-order chi connectivity index (χ1) is 15.2. The summed E-state index contributed by atoms with van der Waals surface area (Å²) in [5.74, 6) is -0.885. The maximum Gasteiger partial charge on any atom is 0.416 e. The molecule has 0 spiro atoms. The zero-order valence-corrected chi connectivity index (χ0v) is 16.9. The molecular weight excluding hydrogens is 424 g/mol. The predicted molar refractivity (Wildman–Crippen MR) is 112 cm³/mol. The Morgan fingerprint density at radius 1 is 1.22 bits per heavy atom. The minimum absolute atomic E-state index is 0.166. The van der Waals surface area contributed by atoms with Gasteiger partial charge in [0, 0.05) is 12.7 Å². The van der Waals surface area contributed by atoms with Crippen LogP contribution in [-0.4, -0.2) is 29.6 Å². The summed E-state index contributed by atoms with van der Waals surface area (Å²) in [5.41, 5.74) is 5.95. The van der Waals surface area contributed by atoms with Crippen molar-refractivity contribution >= 4 is 17.2 Å². The van der Waals surface area contributed by atoms with Crippen LogP contribution in [0.5, 0.6) is 0 Å². The molecule has 0 radical (unpaired) electrons. The Balaban J connectivity index is 1.78. The first-order valence-electron chi connectivity index (χ1n) is 9.98. The molecule has 1 aliphatic heterocycles. The number of halogens is 4. The lowest BCUT2D eigenvalue weighted by Crippen LogP contribution is -2.50. The SMILES string of the molecule is NC=C1CC2(C(=O)c3cc(C(F)(F)F)ccn3)CNCCC2=CC1=Nc1ccc(F)cc1. The van der Waals surface area contributed by atoms with Crippen LogP contribution in [0.2, 0.25) is 0 Å². The van der Waals surface area contributed by atoms with Crippen molar-refractivity contribution in [3.8, 4) is 0 Å². The Hall–Kier alpha value is -3.33. The molecule has 1 aromatic heterocycles. The van der Waals surface area contributed by atoms with Gasteiger partial charge in [-0.05, 0) is 73.6 Å². The predicted octanol–water partition coefficient (Wildman–Crippen LogP) is 4.35. The highest BCUT2D eigenvalue weighted by Crippen LogP contribution is 2.45. The Morgan fingerprint density at radius 3 is 2.66 bits per heavy atom. The largest absolute Gasteiger partial charge is 0.416 e. The number of carbonyl (C=O) groups excluding carboxylic acids is 1. The van der Waals surface area contributed by atoms with Gasteiger partial charge in [0.25, 0.3) is 0 Å². The summed E-state index contributed by atoms with van der Waals surface area (Å²) in [5, 5.41) is 3.17. The molecule has 0 bridgehead atoms. The highest BCUT2D eigenvalue weighted by Gasteiger charge is 2.47. The number of ketones is 1. The maximum absolute atomic E-state index is 13.5. The number of piperidine rings is 1. The first kappa shape index (κ1) is 21.9. The quantitative estimate of drug-likeness (QED) is 0.545. The summed E-state index contributed by atoms with van der Waals surface area (Å²) in [6.45, 7) is 0.860. The highest BCUT2D eigenvalue weighted by molar-refractivity contribution is 6.14. The van der Waals surface area contributed by atoms with E-state index >= 15 is 0 Å². The summed E-state index contributed by atoms with van der Waals surface area (Å²) in [6, 6.07) is 7.26. The van der Waals surface area contributed by atoms with Gasteiger partial charge in [0.15, 0.2) is 5.78 Å². The van der Waals surface area contributed by atoms with E-state index in [1.165, 1.54) is 30.5 Å². The molecule has 5 nitrogen and oxygen atoms in total. The number of Topliss-reactive ketones (excluding diaryl/α,β-unsaturated/α-hetero) is 1. The van der Waals surface area contributed by atoms with Crippen molar-refractivity contribution in [1.82, 2.24) is 10.3 Å². The summed E-state index contributed by atoms with van der Waals surface area (Å²) in [7, 11) is 0. The van der Waals surface area contributed by atoms with Crippen LogP contribution in [0.25, 0.3) is 0 Å². The molecule has 2 heterocycles. The third kappa shape index (κ3) is 4.08. The molecule has 1 aliphatic carbocycles. The van der Waals surface area contributed by atoms with Crippen LogP contribution in [0.3, 0.4) is 0 Å². The van der Waals surface area contributed by atoms with E-state index in [0.29, 0.717) is 29.9 Å². The average Bonchev–Trinajstić information content (AvgIpc) is 2.79. The molecule has 2 aliphatic rings. The van der Waals surface area contributed by atoms with Crippen LogP contribution in [0, 0.1) is 11.2 Å². The number of hydrogen-bond donors (Lipinski definition) is 2. The number of alkyl halides is 3. The molecule has 32 heavy (non-hydrogen) atoms. The second-order valence-corrected chi connectivity index (χ2v) is 7.78. The number of hydrogen-bond acceptors (Lipinski definition) is 5. The monoisotopic (exact) mass is 444 g/mol. The van der Waals surface area contributed by atoms with Crippen LogP contribution in [0.1, 0.15) is 28.9 Å². The lowest BCUT2D eigenvalue weighted by atomic mass is 9.64. The summed E-state index contributed by atoms with van der Waals surface area (Å²) < 4.78 is 52.8. The van der Waals surface area contributed by atoms with Gasteiger partial charge >= 0.3 is 6.18 Å². The molecule has 1 saturated heterocycles. The van der Waals surface area contributed by atoms with Crippen molar-refractivity contribution in [2.75, 3.05) is 13.1 Å². The number of carbonyl (C=O) groups is 1. The Labute approximate surface area is 181 Å². The van der Waals surface area contributed by atoms with E-state index in [0.717, 1.165) is 23.9 Å². The third-order valence-corrected chi connectivity index (χ3v) is 5.78. The molecule has 4 rings (SSSR count). The van der Waals surface area contributed by atoms with Gasteiger partial charge in [0.05, 0.1) is 22.4 Å². The van der Waals surface area contributed by atoms with E-state index in [1.807, 2.05) is 0 Å². The van der Waals surface area contributed by atoms with E-state index in [-0.39, 0.29) is 24.5 Å². The maximum atomic E-state index is 13.5. The van der Waals surface area contributed by atoms with E-state index in [4.69, 9.17) is 5.73 Å². The first-order valence-corrected chi connectivity index (χ1v) is 9.98. The molecule has 166 valence electrons. The molecular formula is C23H20F4N4O. The molecule has 1 atom stereocenters. The number of aliphatic imine (C=N–C) groups is 1. The third-order valence-electron chi connectivity index (χ3n) is 5.78. The van der Waals surface area contributed by atoms with Crippen molar-refractivity contribution in [3.63, 3.8) is 0 Å². The van der Waals surface area contributed by atoms with Gasteiger partial charge < -0.3 is 11.1 Å². The number of nitrogens with one attached hydrogen (secondary N) is 1. The average molecular weight is 444 g/mol. The number of fused-ring (bicyclic) bond motifs is 1. The summed E-state index contributed by atoms with van der Waals surface area (Å²) in [6.07, 6.45) is 0.208. The van der Waals surface area contributed by atoms with Crippen molar-refractivity contribution in [2.45, 2.75) is 19.0 Å². The van der Waals surface area contributed by atoms with Crippen molar-refractivity contribution < 1.29 is 22.4 Å². The highest BCUT2D eigenvalue weighted by atomic mass is 19.4. The molecule has 0 saturated carbocycles. The van der Waals surface area contributed by atoms with Gasteiger partial charge in [-0.3, -0.25) is 9.78 Å². The number of pyridine rings is 1. The Kier molecular flexibility index (Phi) is 5.68. The number of nitrogens with two attached hydrogens (primary N) is 1. The van der Waals surface area contributed by atoms with Gasteiger partial charge in [0.2, 0.25) is 0 Å². The number of rotatable bonds is 3. The smallest absolute Gasteiger partial charge is 0.404 e. The lowest BCUT2D eigenvalue weighted by molar-refractivity contribution is -0.137. The fourth-order valence-corrected chi connectivity index (χ4v) is 4.12. The standard InChI is InChI=1S/C23H20F4N4O/c24-17-1-3-18(4-2-17)31-19-9-15-5-7-29-13-22(15,11-14(19)12-28)21(32)20-10-16(6-8-30-20)23(25,26)27/h1-4,6,8-10,12,29H,5,7,11,13,28H2. The van der Waals surface area contributed by atoms with Gasteiger partial charge in [-0.1, -0.05) is 5.57 Å². The number of benzene rings is 1. The van der Waals surface area contributed by atoms with Crippen molar-refractivity contribution in [1.29, 1.82) is 0 Å². The summed E-state index contributed by atoms with van der Waals surface area (Å²) >= 11 is 0. The van der Waals surface area contributed by atoms with E-state index in [9.17, 15) is 22.4 Å². The molecule has 2 aromatic rings. The molecule has 1 aromatic carbocycles. The molecule has 1 unspecified atom stereocenters.